The number of nitrogens with zero attached hydrogens (tertiary/aromatic N) is 4. The van der Waals surface area contributed by atoms with Gasteiger partial charge in [0.25, 0.3) is 0 Å². The summed E-state index contributed by atoms with van der Waals surface area (Å²) < 4.78 is 39.4. The normalized spacial score (nSPS) is 23.1. The number of aryl methyl sites for hydroxylation is 1. The van der Waals surface area contributed by atoms with Crippen molar-refractivity contribution in [3.8, 4) is 0 Å². The minimum atomic E-state index is -5.06. The van der Waals surface area contributed by atoms with E-state index in [2.05, 4.69) is 10.2 Å². The van der Waals surface area contributed by atoms with E-state index in [1.807, 2.05) is 0 Å². The van der Waals surface area contributed by atoms with Crippen LogP contribution in [0.5, 0.6) is 0 Å². The maximum Gasteiger partial charge on any atom is 0.471 e. The zero-order chi connectivity index (χ0) is 15.8. The number of hydrogen-bond donors (Lipinski definition) is 1. The van der Waals surface area contributed by atoms with Crippen LogP contribution in [-0.4, -0.2) is 49.4 Å². The molecule has 1 amide bonds. The lowest BCUT2D eigenvalue weighted by atomic mass is 9.88. The van der Waals surface area contributed by atoms with E-state index in [9.17, 15) is 27.9 Å². The Morgan fingerprint density at radius 2 is 2.10 bits per heavy atom. The maximum atomic E-state index is 12.7. The van der Waals surface area contributed by atoms with Gasteiger partial charge in [-0.2, -0.15) is 13.2 Å². The topological polar surface area (TPSA) is 88.3 Å². The number of likely N-dealkylation sites (tertiary alicyclic amines) is 1. The summed E-state index contributed by atoms with van der Waals surface area (Å²) in [5.41, 5.74) is 0. The molecular weight excluding hydrogens is 293 g/mol. The summed E-state index contributed by atoms with van der Waals surface area (Å²) in [6.07, 6.45) is -3.45. The van der Waals surface area contributed by atoms with Gasteiger partial charge in [-0.3, -0.25) is 9.59 Å². The molecule has 1 aliphatic rings. The monoisotopic (exact) mass is 306 g/mol. The van der Waals surface area contributed by atoms with Crippen molar-refractivity contribution in [3.05, 3.63) is 12.2 Å². The number of piperidine rings is 1. The van der Waals surface area contributed by atoms with Crippen LogP contribution in [0, 0.1) is 5.92 Å². The highest BCUT2D eigenvalue weighted by molar-refractivity contribution is 5.83. The lowest BCUT2D eigenvalue weighted by molar-refractivity contribution is -0.192. The fourth-order valence-corrected chi connectivity index (χ4v) is 2.52. The average Bonchev–Trinajstić information content (AvgIpc) is 2.81. The maximum absolute atomic E-state index is 12.7. The number of carbonyl (C=O) groups excluding carboxylic acids is 1. The van der Waals surface area contributed by atoms with E-state index in [-0.39, 0.29) is 25.2 Å². The first-order valence-electron chi connectivity index (χ1n) is 6.18. The molecule has 0 saturated carbocycles. The standard InChI is InChI=1S/C11H13F3N4O3/c1-17-5-15-16-8(17)7-6(9(19)20)3-2-4-18(7)10(21)11(12,13)14/h5-7H,2-4H2,1H3,(H,19,20). The van der Waals surface area contributed by atoms with Crippen LogP contribution < -0.4 is 0 Å². The second-order valence-electron chi connectivity index (χ2n) is 4.83. The number of rotatable bonds is 2. The van der Waals surface area contributed by atoms with Crippen LogP contribution in [0.4, 0.5) is 13.2 Å². The predicted octanol–water partition coefficient (Wildman–Crippen LogP) is 0.742. The Bertz CT molecular complexity index is 557. The van der Waals surface area contributed by atoms with E-state index in [0.717, 1.165) is 0 Å². The van der Waals surface area contributed by atoms with Crippen molar-refractivity contribution in [2.75, 3.05) is 6.54 Å². The zero-order valence-corrected chi connectivity index (χ0v) is 11.0. The SMILES string of the molecule is Cn1cnnc1C1C(C(=O)O)CCCN1C(=O)C(F)(F)F. The Morgan fingerprint density at radius 1 is 1.43 bits per heavy atom. The fourth-order valence-electron chi connectivity index (χ4n) is 2.52. The number of carbonyl (C=O) groups is 2. The van der Waals surface area contributed by atoms with Crippen molar-refractivity contribution in [3.63, 3.8) is 0 Å². The zero-order valence-electron chi connectivity index (χ0n) is 11.0. The molecular formula is C11H13F3N4O3. The van der Waals surface area contributed by atoms with Gasteiger partial charge in [-0.05, 0) is 12.8 Å². The predicted molar refractivity (Wildman–Crippen MR) is 61.9 cm³/mol. The number of carboxylic acids is 1. The number of halogens is 3. The van der Waals surface area contributed by atoms with Gasteiger partial charge < -0.3 is 14.6 Å². The van der Waals surface area contributed by atoms with Crippen LogP contribution in [0.1, 0.15) is 24.7 Å². The molecule has 7 nitrogen and oxygen atoms in total. The molecule has 1 aromatic heterocycles. The van der Waals surface area contributed by atoms with Gasteiger partial charge >= 0.3 is 18.1 Å². The largest absolute Gasteiger partial charge is 0.481 e. The number of aliphatic carboxylic acids is 1. The summed E-state index contributed by atoms with van der Waals surface area (Å²) >= 11 is 0. The van der Waals surface area contributed by atoms with E-state index in [1.54, 1.807) is 0 Å². The van der Waals surface area contributed by atoms with Crippen molar-refractivity contribution in [2.24, 2.45) is 13.0 Å². The highest BCUT2D eigenvalue weighted by Gasteiger charge is 2.50. The summed E-state index contributed by atoms with van der Waals surface area (Å²) in [7, 11) is 1.49. The second-order valence-corrected chi connectivity index (χ2v) is 4.83. The Hall–Kier alpha value is -2.13. The first-order chi connectivity index (χ1) is 9.73. The molecule has 2 atom stereocenters. The van der Waals surface area contributed by atoms with Gasteiger partial charge in [0.1, 0.15) is 12.4 Å². The Morgan fingerprint density at radius 3 is 2.57 bits per heavy atom. The molecule has 2 unspecified atom stereocenters. The van der Waals surface area contributed by atoms with Crippen LogP contribution in [0.2, 0.25) is 0 Å². The van der Waals surface area contributed by atoms with Crippen LogP contribution in [0.3, 0.4) is 0 Å². The fraction of sp³-hybridized carbons (Fsp3) is 0.636. The summed E-state index contributed by atoms with van der Waals surface area (Å²) in [5.74, 6) is -4.43. The molecule has 116 valence electrons. The van der Waals surface area contributed by atoms with Gasteiger partial charge in [0.05, 0.1) is 5.92 Å². The molecule has 1 saturated heterocycles. The van der Waals surface area contributed by atoms with E-state index in [4.69, 9.17) is 0 Å². The summed E-state index contributed by atoms with van der Waals surface area (Å²) in [5, 5.41) is 16.4. The van der Waals surface area contributed by atoms with Gasteiger partial charge in [-0.15, -0.1) is 10.2 Å². The molecule has 1 aromatic rings. The van der Waals surface area contributed by atoms with E-state index in [1.165, 1.54) is 17.9 Å². The Labute approximate surface area is 117 Å². The van der Waals surface area contributed by atoms with Gasteiger partial charge in [0, 0.05) is 13.6 Å². The van der Waals surface area contributed by atoms with Crippen molar-refractivity contribution in [2.45, 2.75) is 25.1 Å². The smallest absolute Gasteiger partial charge is 0.471 e. The highest BCUT2D eigenvalue weighted by Crippen LogP contribution is 2.37. The molecule has 10 heteroatoms. The molecule has 1 N–H and O–H groups in total. The van der Waals surface area contributed by atoms with Crippen molar-refractivity contribution in [1.29, 1.82) is 0 Å². The molecule has 0 aliphatic carbocycles. The summed E-state index contributed by atoms with van der Waals surface area (Å²) in [6.45, 7) is -0.167. The quantitative estimate of drug-likeness (QED) is 0.870. The van der Waals surface area contributed by atoms with Gasteiger partial charge in [-0.1, -0.05) is 0 Å². The second kappa shape index (κ2) is 5.34. The van der Waals surface area contributed by atoms with Gasteiger partial charge in [0.15, 0.2) is 5.82 Å². The highest BCUT2D eigenvalue weighted by atomic mass is 19.4. The first kappa shape index (κ1) is 15.3. The van der Waals surface area contributed by atoms with E-state index in [0.29, 0.717) is 4.90 Å². The molecule has 1 aliphatic heterocycles. The van der Waals surface area contributed by atoms with Crippen LogP contribution >= 0.6 is 0 Å². The Balaban J connectivity index is 2.45. The minimum Gasteiger partial charge on any atom is -0.481 e. The first-order valence-corrected chi connectivity index (χ1v) is 6.18. The lowest BCUT2D eigenvalue weighted by Gasteiger charge is -2.38. The molecule has 21 heavy (non-hydrogen) atoms. The van der Waals surface area contributed by atoms with E-state index >= 15 is 0 Å². The average molecular weight is 306 g/mol. The van der Waals surface area contributed by atoms with Crippen LogP contribution in [-0.2, 0) is 16.6 Å². The van der Waals surface area contributed by atoms with Crippen molar-refractivity contribution >= 4 is 11.9 Å². The van der Waals surface area contributed by atoms with Gasteiger partial charge in [-0.25, -0.2) is 0 Å². The summed E-state index contributed by atoms with van der Waals surface area (Å²) in [6, 6.07) is -1.28. The molecule has 2 rings (SSSR count). The van der Waals surface area contributed by atoms with E-state index < -0.39 is 30.0 Å². The molecule has 0 spiro atoms. The number of carboxylic acid groups (broad SMARTS) is 1. The lowest BCUT2D eigenvalue weighted by Crippen LogP contribution is -2.50. The number of hydrogen-bond acceptors (Lipinski definition) is 4. The van der Waals surface area contributed by atoms with Crippen LogP contribution in [0.25, 0.3) is 0 Å². The third-order valence-electron chi connectivity index (χ3n) is 3.46. The third kappa shape index (κ3) is 2.83. The molecule has 1 fully saturated rings. The summed E-state index contributed by atoms with van der Waals surface area (Å²) in [4.78, 5) is 23.4. The number of aromatic nitrogens is 3. The van der Waals surface area contributed by atoms with Crippen molar-refractivity contribution < 1.29 is 27.9 Å². The number of amides is 1. The van der Waals surface area contributed by atoms with Crippen molar-refractivity contribution in [1.82, 2.24) is 19.7 Å². The Kier molecular flexibility index (Phi) is 3.88. The number of alkyl halides is 3. The molecule has 0 aromatic carbocycles. The molecule has 0 bridgehead atoms. The van der Waals surface area contributed by atoms with Crippen LogP contribution in [0.15, 0.2) is 6.33 Å². The molecule has 2 heterocycles. The van der Waals surface area contributed by atoms with Gasteiger partial charge in [0.2, 0.25) is 0 Å². The molecule has 0 radical (unpaired) electrons. The minimum absolute atomic E-state index is 0.0275. The third-order valence-corrected chi connectivity index (χ3v) is 3.46.